The Kier molecular flexibility index (Phi) is 5.32. The Morgan fingerprint density at radius 2 is 2.15 bits per heavy atom. The van der Waals surface area contributed by atoms with Crippen LogP contribution >= 0.6 is 0 Å². The number of benzene rings is 1. The summed E-state index contributed by atoms with van der Waals surface area (Å²) in [6, 6.07) is 10.1. The fourth-order valence-corrected chi connectivity index (χ4v) is 2.19. The van der Waals surface area contributed by atoms with Gasteiger partial charge in [-0.2, -0.15) is 0 Å². The van der Waals surface area contributed by atoms with Crippen molar-refractivity contribution in [3.63, 3.8) is 0 Å². The first-order chi connectivity index (χ1) is 9.74. The van der Waals surface area contributed by atoms with Crippen molar-refractivity contribution in [3.05, 3.63) is 36.0 Å². The lowest BCUT2D eigenvalue weighted by molar-refractivity contribution is 0.211. The van der Waals surface area contributed by atoms with Crippen LogP contribution in [0.4, 0.5) is 0 Å². The van der Waals surface area contributed by atoms with Crippen LogP contribution in [0.25, 0.3) is 10.9 Å². The average molecular weight is 274 g/mol. The number of aliphatic hydroxyl groups excluding tert-OH is 1. The number of aliphatic hydroxyl groups is 1. The van der Waals surface area contributed by atoms with Crippen molar-refractivity contribution in [1.29, 1.82) is 0 Å². The van der Waals surface area contributed by atoms with Gasteiger partial charge >= 0.3 is 0 Å². The molecule has 1 heterocycles. The molecule has 1 unspecified atom stereocenters. The molecule has 2 aromatic rings. The second-order valence-electron chi connectivity index (χ2n) is 4.85. The lowest BCUT2D eigenvalue weighted by Crippen LogP contribution is -2.33. The minimum atomic E-state index is 0.0877. The molecule has 108 valence electrons. The van der Waals surface area contributed by atoms with Crippen LogP contribution in [0.3, 0.4) is 0 Å². The Balaban J connectivity index is 2.04. The maximum atomic E-state index is 9.23. The highest BCUT2D eigenvalue weighted by molar-refractivity contribution is 5.84. The van der Waals surface area contributed by atoms with Crippen molar-refractivity contribution in [2.45, 2.75) is 26.3 Å². The van der Waals surface area contributed by atoms with Gasteiger partial charge in [0.15, 0.2) is 0 Å². The summed E-state index contributed by atoms with van der Waals surface area (Å²) in [7, 11) is 0. The number of pyridine rings is 1. The third-order valence-electron chi connectivity index (χ3n) is 3.26. The number of hydrogen-bond donors (Lipinski definition) is 2. The average Bonchev–Trinajstić information content (AvgIpc) is 2.46. The lowest BCUT2D eigenvalue weighted by atomic mass is 10.2. The van der Waals surface area contributed by atoms with Gasteiger partial charge in [0.05, 0.1) is 13.2 Å². The maximum absolute atomic E-state index is 9.23. The number of aryl methyl sites for hydroxylation is 1. The molecule has 0 aliphatic carbocycles. The van der Waals surface area contributed by atoms with Gasteiger partial charge in [-0.1, -0.05) is 25.1 Å². The van der Waals surface area contributed by atoms with Crippen molar-refractivity contribution in [2.24, 2.45) is 0 Å². The molecule has 1 aromatic heterocycles. The van der Waals surface area contributed by atoms with Crippen LogP contribution in [0.2, 0.25) is 0 Å². The molecule has 20 heavy (non-hydrogen) atoms. The molecule has 1 atom stereocenters. The van der Waals surface area contributed by atoms with Crippen LogP contribution in [0, 0.1) is 6.92 Å². The Labute approximate surface area is 119 Å². The van der Waals surface area contributed by atoms with E-state index >= 15 is 0 Å². The number of rotatable bonds is 7. The van der Waals surface area contributed by atoms with Gasteiger partial charge in [-0.05, 0) is 32.0 Å². The first kappa shape index (κ1) is 14.8. The standard InChI is InChI=1S/C16H22N2O2/c1-3-17-14(11-19)9-10-20-15-6-4-5-13-8-7-12(2)18-16(13)15/h4-8,14,17,19H,3,9-11H2,1-2H3. The molecule has 2 rings (SSSR count). The van der Waals surface area contributed by atoms with Gasteiger partial charge in [0.1, 0.15) is 11.3 Å². The molecule has 0 fully saturated rings. The quantitative estimate of drug-likeness (QED) is 0.813. The normalized spacial score (nSPS) is 12.6. The van der Waals surface area contributed by atoms with E-state index in [0.717, 1.165) is 35.3 Å². The molecule has 4 nitrogen and oxygen atoms in total. The van der Waals surface area contributed by atoms with Gasteiger partial charge < -0.3 is 15.2 Å². The molecular formula is C16H22N2O2. The third kappa shape index (κ3) is 3.68. The first-order valence-corrected chi connectivity index (χ1v) is 7.08. The number of aromatic nitrogens is 1. The maximum Gasteiger partial charge on any atom is 0.145 e. The van der Waals surface area contributed by atoms with Crippen LogP contribution in [-0.2, 0) is 0 Å². The second kappa shape index (κ2) is 7.22. The Hall–Kier alpha value is -1.65. The molecule has 2 N–H and O–H groups in total. The van der Waals surface area contributed by atoms with Gasteiger partial charge in [0.2, 0.25) is 0 Å². The Morgan fingerprint density at radius 3 is 2.90 bits per heavy atom. The number of fused-ring (bicyclic) bond motifs is 1. The van der Waals surface area contributed by atoms with E-state index < -0.39 is 0 Å². The van der Waals surface area contributed by atoms with Gasteiger partial charge in [-0.15, -0.1) is 0 Å². The van der Waals surface area contributed by atoms with Crippen LogP contribution < -0.4 is 10.1 Å². The van der Waals surface area contributed by atoms with E-state index in [0.29, 0.717) is 6.61 Å². The monoisotopic (exact) mass is 274 g/mol. The van der Waals surface area contributed by atoms with Crippen LogP contribution in [0.1, 0.15) is 19.0 Å². The molecular weight excluding hydrogens is 252 g/mol. The number of nitrogens with one attached hydrogen (secondary N) is 1. The van der Waals surface area contributed by atoms with E-state index in [1.54, 1.807) is 0 Å². The number of para-hydroxylation sites is 1. The summed E-state index contributed by atoms with van der Waals surface area (Å²) in [5.41, 5.74) is 1.88. The van der Waals surface area contributed by atoms with Crippen molar-refractivity contribution < 1.29 is 9.84 Å². The zero-order valence-corrected chi connectivity index (χ0v) is 12.1. The molecule has 0 saturated carbocycles. The van der Waals surface area contributed by atoms with E-state index in [4.69, 9.17) is 4.74 Å². The smallest absolute Gasteiger partial charge is 0.145 e. The summed E-state index contributed by atoms with van der Waals surface area (Å²) in [4.78, 5) is 4.54. The van der Waals surface area contributed by atoms with Crippen molar-refractivity contribution in [1.82, 2.24) is 10.3 Å². The van der Waals surface area contributed by atoms with Crippen molar-refractivity contribution in [2.75, 3.05) is 19.8 Å². The highest BCUT2D eigenvalue weighted by Crippen LogP contribution is 2.24. The molecule has 0 aliphatic heterocycles. The minimum absolute atomic E-state index is 0.0877. The summed E-state index contributed by atoms with van der Waals surface area (Å²) in [6.07, 6.45) is 0.770. The van der Waals surface area contributed by atoms with E-state index in [-0.39, 0.29) is 12.6 Å². The molecule has 0 aliphatic rings. The summed E-state index contributed by atoms with van der Waals surface area (Å²) in [5, 5.41) is 13.5. The summed E-state index contributed by atoms with van der Waals surface area (Å²) in [5.74, 6) is 0.805. The zero-order valence-electron chi connectivity index (χ0n) is 12.1. The Bertz CT molecular complexity index is 557. The zero-order chi connectivity index (χ0) is 14.4. The van der Waals surface area contributed by atoms with E-state index in [2.05, 4.69) is 16.4 Å². The Morgan fingerprint density at radius 1 is 1.30 bits per heavy atom. The fourth-order valence-electron chi connectivity index (χ4n) is 2.19. The molecule has 0 amide bonds. The number of nitrogens with zero attached hydrogens (tertiary/aromatic N) is 1. The SMILES string of the molecule is CCNC(CO)CCOc1cccc2ccc(C)nc12. The predicted octanol–water partition coefficient (Wildman–Crippen LogP) is 2.28. The van der Waals surface area contributed by atoms with E-state index in [9.17, 15) is 5.11 Å². The largest absolute Gasteiger partial charge is 0.491 e. The molecule has 4 heteroatoms. The second-order valence-corrected chi connectivity index (χ2v) is 4.85. The molecule has 0 saturated heterocycles. The number of ether oxygens (including phenoxy) is 1. The van der Waals surface area contributed by atoms with Crippen molar-refractivity contribution in [3.8, 4) is 5.75 Å². The van der Waals surface area contributed by atoms with Crippen molar-refractivity contribution >= 4 is 10.9 Å². The van der Waals surface area contributed by atoms with Gasteiger partial charge in [-0.3, -0.25) is 0 Å². The predicted molar refractivity (Wildman–Crippen MR) is 81.1 cm³/mol. The lowest BCUT2D eigenvalue weighted by Gasteiger charge is -2.15. The fraction of sp³-hybridized carbons (Fsp3) is 0.438. The molecule has 0 bridgehead atoms. The first-order valence-electron chi connectivity index (χ1n) is 7.08. The van der Waals surface area contributed by atoms with Crippen LogP contribution in [0.15, 0.2) is 30.3 Å². The van der Waals surface area contributed by atoms with Gasteiger partial charge in [-0.25, -0.2) is 4.98 Å². The van der Waals surface area contributed by atoms with Gasteiger partial charge in [0.25, 0.3) is 0 Å². The topological polar surface area (TPSA) is 54.4 Å². The van der Waals surface area contributed by atoms with Gasteiger partial charge in [0, 0.05) is 17.1 Å². The molecule has 1 aromatic carbocycles. The summed E-state index contributed by atoms with van der Waals surface area (Å²) >= 11 is 0. The third-order valence-corrected chi connectivity index (χ3v) is 3.26. The highest BCUT2D eigenvalue weighted by atomic mass is 16.5. The molecule has 0 spiro atoms. The van der Waals surface area contributed by atoms with E-state index in [1.165, 1.54) is 0 Å². The van der Waals surface area contributed by atoms with Crippen LogP contribution in [0.5, 0.6) is 5.75 Å². The van der Waals surface area contributed by atoms with E-state index in [1.807, 2.05) is 38.1 Å². The number of hydrogen-bond acceptors (Lipinski definition) is 4. The highest BCUT2D eigenvalue weighted by Gasteiger charge is 2.07. The summed E-state index contributed by atoms with van der Waals surface area (Å²) in [6.45, 7) is 5.54. The minimum Gasteiger partial charge on any atom is -0.491 e. The summed E-state index contributed by atoms with van der Waals surface area (Å²) < 4.78 is 5.84. The van der Waals surface area contributed by atoms with Crippen LogP contribution in [-0.4, -0.2) is 35.9 Å². The molecule has 0 radical (unpaired) electrons. The number of likely N-dealkylation sites (N-methyl/N-ethyl adjacent to an activating group) is 1.